The summed E-state index contributed by atoms with van der Waals surface area (Å²) in [5.74, 6) is 0.130. The van der Waals surface area contributed by atoms with E-state index >= 15 is 0 Å². The molecule has 100 valence electrons. The van der Waals surface area contributed by atoms with Gasteiger partial charge in [0, 0.05) is 13.1 Å². The summed E-state index contributed by atoms with van der Waals surface area (Å²) in [6.07, 6.45) is 1.86. The van der Waals surface area contributed by atoms with Gasteiger partial charge in [-0.2, -0.15) is 5.10 Å². The Bertz CT molecular complexity index is 448. The molecule has 2 heterocycles. The van der Waals surface area contributed by atoms with Crippen molar-refractivity contribution in [2.45, 2.75) is 45.9 Å². The maximum atomic E-state index is 12.0. The molecule has 1 aliphatic heterocycles. The zero-order valence-electron chi connectivity index (χ0n) is 11.0. The fourth-order valence-electron chi connectivity index (χ4n) is 1.91. The van der Waals surface area contributed by atoms with Gasteiger partial charge in [-0.3, -0.25) is 4.68 Å². The van der Waals surface area contributed by atoms with Crippen molar-refractivity contribution in [3.8, 4) is 5.75 Å². The van der Waals surface area contributed by atoms with Gasteiger partial charge in [0.1, 0.15) is 5.60 Å². The van der Waals surface area contributed by atoms with Gasteiger partial charge in [0.15, 0.2) is 5.75 Å². The highest BCUT2D eigenvalue weighted by atomic mass is 16.6. The van der Waals surface area contributed by atoms with Crippen molar-refractivity contribution < 1.29 is 14.6 Å². The van der Waals surface area contributed by atoms with Gasteiger partial charge < -0.3 is 14.7 Å². The van der Waals surface area contributed by atoms with Crippen LogP contribution in [0.4, 0.5) is 4.79 Å². The molecule has 0 atom stereocenters. The second kappa shape index (κ2) is 4.51. The van der Waals surface area contributed by atoms with Gasteiger partial charge in [-0.05, 0) is 27.2 Å². The third kappa shape index (κ3) is 2.75. The van der Waals surface area contributed by atoms with Crippen LogP contribution in [0, 0.1) is 0 Å². The normalized spacial score (nSPS) is 16.1. The second-order valence-electron chi connectivity index (χ2n) is 5.46. The molecular formula is C12H19N3O3. The minimum Gasteiger partial charge on any atom is -0.504 e. The average molecular weight is 253 g/mol. The van der Waals surface area contributed by atoms with Gasteiger partial charge in [0.2, 0.25) is 0 Å². The predicted octanol–water partition coefficient (Wildman–Crippen LogP) is 1.73. The minimum atomic E-state index is -0.508. The molecule has 1 aromatic heterocycles. The van der Waals surface area contributed by atoms with Crippen molar-refractivity contribution in [2.75, 3.05) is 6.54 Å². The summed E-state index contributed by atoms with van der Waals surface area (Å²) in [4.78, 5) is 13.6. The molecule has 0 fully saturated rings. The van der Waals surface area contributed by atoms with Crippen molar-refractivity contribution in [1.29, 1.82) is 0 Å². The zero-order valence-corrected chi connectivity index (χ0v) is 11.0. The van der Waals surface area contributed by atoms with Crippen LogP contribution in [0.2, 0.25) is 0 Å². The molecule has 6 heteroatoms. The first kappa shape index (κ1) is 12.7. The number of hydrogen-bond donors (Lipinski definition) is 1. The van der Waals surface area contributed by atoms with Crippen LogP contribution in [-0.2, 0) is 17.8 Å². The van der Waals surface area contributed by atoms with E-state index in [2.05, 4.69) is 5.10 Å². The van der Waals surface area contributed by atoms with E-state index in [0.717, 1.165) is 6.42 Å². The molecule has 0 saturated heterocycles. The SMILES string of the molecule is CC(C)(C)OC(=O)N1CCCn2ncc(O)c2C1. The van der Waals surface area contributed by atoms with E-state index in [1.54, 1.807) is 9.58 Å². The quantitative estimate of drug-likeness (QED) is 0.764. The summed E-state index contributed by atoms with van der Waals surface area (Å²) >= 11 is 0. The minimum absolute atomic E-state index is 0.130. The Morgan fingerprint density at radius 2 is 2.17 bits per heavy atom. The number of carbonyl (C=O) groups excluding carboxylic acids is 1. The first-order valence-electron chi connectivity index (χ1n) is 6.08. The zero-order chi connectivity index (χ0) is 13.3. The Morgan fingerprint density at radius 1 is 1.44 bits per heavy atom. The number of carbonyl (C=O) groups is 1. The summed E-state index contributed by atoms with van der Waals surface area (Å²) < 4.78 is 7.08. The van der Waals surface area contributed by atoms with E-state index in [0.29, 0.717) is 25.3 Å². The van der Waals surface area contributed by atoms with Crippen molar-refractivity contribution in [2.24, 2.45) is 0 Å². The topological polar surface area (TPSA) is 67.6 Å². The van der Waals surface area contributed by atoms with Crippen molar-refractivity contribution in [3.05, 3.63) is 11.9 Å². The molecule has 2 rings (SSSR count). The second-order valence-corrected chi connectivity index (χ2v) is 5.46. The number of rotatable bonds is 0. The average Bonchev–Trinajstić information content (AvgIpc) is 2.49. The van der Waals surface area contributed by atoms with E-state index in [1.807, 2.05) is 20.8 Å². The van der Waals surface area contributed by atoms with Gasteiger partial charge in [0.05, 0.1) is 18.4 Å². The lowest BCUT2D eigenvalue weighted by atomic mass is 10.2. The Labute approximate surface area is 106 Å². The smallest absolute Gasteiger partial charge is 0.410 e. The van der Waals surface area contributed by atoms with Crippen LogP contribution in [-0.4, -0.2) is 38.0 Å². The number of aromatic hydroxyl groups is 1. The molecule has 0 aromatic carbocycles. The maximum Gasteiger partial charge on any atom is 0.410 e. The van der Waals surface area contributed by atoms with Gasteiger partial charge >= 0.3 is 6.09 Å². The molecule has 1 aliphatic rings. The number of ether oxygens (including phenoxy) is 1. The number of aryl methyl sites for hydroxylation is 1. The van der Waals surface area contributed by atoms with Gasteiger partial charge in [-0.15, -0.1) is 0 Å². The van der Waals surface area contributed by atoms with Crippen molar-refractivity contribution in [1.82, 2.24) is 14.7 Å². The highest BCUT2D eigenvalue weighted by molar-refractivity contribution is 5.68. The predicted molar refractivity (Wildman–Crippen MR) is 65.2 cm³/mol. The third-order valence-corrected chi connectivity index (χ3v) is 2.72. The number of amides is 1. The highest BCUT2D eigenvalue weighted by Gasteiger charge is 2.26. The molecule has 0 bridgehead atoms. The fourth-order valence-corrected chi connectivity index (χ4v) is 1.91. The Hall–Kier alpha value is -1.72. The van der Waals surface area contributed by atoms with Crippen LogP contribution in [0.5, 0.6) is 5.75 Å². The van der Waals surface area contributed by atoms with Crippen LogP contribution < -0.4 is 0 Å². The number of nitrogens with zero attached hydrogens (tertiary/aromatic N) is 3. The van der Waals surface area contributed by atoms with E-state index < -0.39 is 5.60 Å². The summed E-state index contributed by atoms with van der Waals surface area (Å²) in [7, 11) is 0. The number of hydrogen-bond acceptors (Lipinski definition) is 4. The third-order valence-electron chi connectivity index (χ3n) is 2.72. The standard InChI is InChI=1S/C12H19N3O3/c1-12(2,3)18-11(17)14-5-4-6-15-9(8-14)10(16)7-13-15/h7,16H,4-6,8H2,1-3H3. The van der Waals surface area contributed by atoms with E-state index in [9.17, 15) is 9.90 Å². The fraction of sp³-hybridized carbons (Fsp3) is 0.667. The summed E-state index contributed by atoms with van der Waals surface area (Å²) in [5, 5.41) is 13.8. The lowest BCUT2D eigenvalue weighted by Gasteiger charge is -2.26. The summed E-state index contributed by atoms with van der Waals surface area (Å²) in [6.45, 7) is 7.16. The lowest BCUT2D eigenvalue weighted by molar-refractivity contribution is 0.0236. The molecular weight excluding hydrogens is 234 g/mol. The molecule has 6 nitrogen and oxygen atoms in total. The van der Waals surface area contributed by atoms with Crippen LogP contribution >= 0.6 is 0 Å². The monoisotopic (exact) mass is 253 g/mol. The molecule has 18 heavy (non-hydrogen) atoms. The first-order valence-corrected chi connectivity index (χ1v) is 6.08. The number of fused-ring (bicyclic) bond motifs is 1. The molecule has 0 unspecified atom stereocenters. The van der Waals surface area contributed by atoms with Crippen molar-refractivity contribution >= 4 is 6.09 Å². The van der Waals surface area contributed by atoms with Crippen LogP contribution in [0.25, 0.3) is 0 Å². The molecule has 1 N–H and O–H groups in total. The molecule has 0 aliphatic carbocycles. The van der Waals surface area contributed by atoms with Gasteiger partial charge in [0.25, 0.3) is 0 Å². The van der Waals surface area contributed by atoms with E-state index in [1.165, 1.54) is 6.20 Å². The van der Waals surface area contributed by atoms with Gasteiger partial charge in [-0.25, -0.2) is 4.79 Å². The molecule has 1 aromatic rings. The van der Waals surface area contributed by atoms with Crippen molar-refractivity contribution in [3.63, 3.8) is 0 Å². The van der Waals surface area contributed by atoms with Gasteiger partial charge in [-0.1, -0.05) is 0 Å². The molecule has 0 radical (unpaired) electrons. The van der Waals surface area contributed by atoms with Crippen LogP contribution in [0.15, 0.2) is 6.20 Å². The number of aromatic nitrogens is 2. The Kier molecular flexibility index (Phi) is 3.19. The van der Waals surface area contributed by atoms with E-state index in [-0.39, 0.29) is 11.8 Å². The Morgan fingerprint density at radius 3 is 2.83 bits per heavy atom. The largest absolute Gasteiger partial charge is 0.504 e. The summed E-state index contributed by atoms with van der Waals surface area (Å²) in [6, 6.07) is 0. The molecule has 0 spiro atoms. The van der Waals surface area contributed by atoms with Crippen LogP contribution in [0.3, 0.4) is 0 Å². The van der Waals surface area contributed by atoms with E-state index in [4.69, 9.17) is 4.74 Å². The lowest BCUT2D eigenvalue weighted by Crippen LogP contribution is -2.36. The summed E-state index contributed by atoms with van der Waals surface area (Å²) in [5.41, 5.74) is 0.157. The molecule has 1 amide bonds. The maximum absolute atomic E-state index is 12.0. The molecule has 0 saturated carbocycles. The first-order chi connectivity index (χ1) is 8.37. The van der Waals surface area contributed by atoms with Crippen LogP contribution in [0.1, 0.15) is 32.9 Å². The highest BCUT2D eigenvalue weighted by Crippen LogP contribution is 2.22. The Balaban J connectivity index is 2.12.